The molecular weight excluding hydrogens is 266 g/mol. The summed E-state index contributed by atoms with van der Waals surface area (Å²) in [4.78, 5) is 23.0. The number of carbonyl (C=O) groups excluding carboxylic acids is 1. The molecule has 2 aliphatic rings. The molecule has 2 atom stereocenters. The van der Waals surface area contributed by atoms with E-state index in [2.05, 4.69) is 20.8 Å². The number of Topliss-reactive ketones (excluding diaryl/α,β-unsaturated/α-hetero) is 1. The molecule has 0 aromatic heterocycles. The van der Waals surface area contributed by atoms with Crippen molar-refractivity contribution in [2.45, 2.75) is 33.6 Å². The van der Waals surface area contributed by atoms with Gasteiger partial charge in [0.05, 0.1) is 4.92 Å². The van der Waals surface area contributed by atoms with Gasteiger partial charge in [-0.05, 0) is 53.5 Å². The van der Waals surface area contributed by atoms with Crippen molar-refractivity contribution in [2.75, 3.05) is 0 Å². The van der Waals surface area contributed by atoms with Crippen molar-refractivity contribution in [3.63, 3.8) is 0 Å². The molecule has 1 aromatic rings. The number of ketones is 1. The zero-order valence-electron chi connectivity index (χ0n) is 12.6. The summed E-state index contributed by atoms with van der Waals surface area (Å²) < 4.78 is 0. The molecule has 3 rings (SSSR count). The van der Waals surface area contributed by atoms with E-state index in [4.69, 9.17) is 0 Å². The number of carbonyl (C=O) groups is 1. The Balaban J connectivity index is 1.98. The summed E-state index contributed by atoms with van der Waals surface area (Å²) in [6, 6.07) is 6.38. The van der Waals surface area contributed by atoms with Crippen LogP contribution in [0.3, 0.4) is 0 Å². The lowest BCUT2D eigenvalue weighted by Gasteiger charge is -2.31. The van der Waals surface area contributed by atoms with Gasteiger partial charge in [-0.3, -0.25) is 14.9 Å². The maximum atomic E-state index is 12.7. The lowest BCUT2D eigenvalue weighted by Crippen LogP contribution is -2.32. The fraction of sp³-hybridized carbons (Fsp3) is 0.471. The van der Waals surface area contributed by atoms with Crippen LogP contribution in [-0.2, 0) is 4.79 Å². The minimum Gasteiger partial charge on any atom is -0.294 e. The van der Waals surface area contributed by atoms with Crippen LogP contribution in [0.4, 0.5) is 5.69 Å². The molecule has 2 unspecified atom stereocenters. The molecule has 2 bridgehead atoms. The minimum absolute atomic E-state index is 0.00328. The molecule has 0 radical (unpaired) electrons. The summed E-state index contributed by atoms with van der Waals surface area (Å²) in [5.74, 6) is 0.548. The van der Waals surface area contributed by atoms with Gasteiger partial charge in [-0.1, -0.05) is 20.8 Å². The number of hydrogen-bond acceptors (Lipinski definition) is 3. The average Bonchev–Trinajstić information content (AvgIpc) is 2.74. The predicted molar refractivity (Wildman–Crippen MR) is 80.7 cm³/mol. The van der Waals surface area contributed by atoms with Gasteiger partial charge in [0, 0.05) is 17.5 Å². The first-order chi connectivity index (χ1) is 9.77. The molecule has 1 aromatic carbocycles. The number of non-ortho nitro benzene ring substituents is 1. The van der Waals surface area contributed by atoms with Gasteiger partial charge in [-0.15, -0.1) is 0 Å². The van der Waals surface area contributed by atoms with Crippen LogP contribution in [0.5, 0.6) is 0 Å². The van der Waals surface area contributed by atoms with Crippen LogP contribution in [0.2, 0.25) is 0 Å². The third-order valence-electron chi connectivity index (χ3n) is 5.79. The number of allylic oxidation sites excluding steroid dienone is 1. The molecule has 0 N–H and O–H groups in total. The summed E-state index contributed by atoms with van der Waals surface area (Å²) in [5, 5.41) is 10.7. The molecule has 21 heavy (non-hydrogen) atoms. The molecule has 4 nitrogen and oxygen atoms in total. The quantitative estimate of drug-likeness (QED) is 0.468. The van der Waals surface area contributed by atoms with Crippen molar-refractivity contribution in [1.29, 1.82) is 0 Å². The number of nitro benzene ring substituents is 1. The number of nitrogens with zero attached hydrogens (tertiary/aromatic N) is 1. The summed E-state index contributed by atoms with van der Waals surface area (Å²) in [7, 11) is 0. The minimum atomic E-state index is -0.413. The van der Waals surface area contributed by atoms with Crippen LogP contribution in [0, 0.1) is 26.9 Å². The van der Waals surface area contributed by atoms with Crippen molar-refractivity contribution in [3.8, 4) is 0 Å². The van der Waals surface area contributed by atoms with E-state index in [1.165, 1.54) is 12.1 Å². The highest BCUT2D eigenvalue weighted by molar-refractivity contribution is 6.07. The van der Waals surface area contributed by atoms with Gasteiger partial charge in [-0.2, -0.15) is 0 Å². The van der Waals surface area contributed by atoms with Gasteiger partial charge in [0.2, 0.25) is 0 Å². The molecule has 2 saturated carbocycles. The van der Waals surface area contributed by atoms with Gasteiger partial charge in [0.1, 0.15) is 0 Å². The van der Waals surface area contributed by atoms with Crippen LogP contribution in [0.15, 0.2) is 29.8 Å². The monoisotopic (exact) mass is 285 g/mol. The molecule has 0 heterocycles. The van der Waals surface area contributed by atoms with Crippen molar-refractivity contribution < 1.29 is 9.72 Å². The van der Waals surface area contributed by atoms with E-state index >= 15 is 0 Å². The number of rotatable bonds is 2. The van der Waals surface area contributed by atoms with E-state index in [9.17, 15) is 14.9 Å². The highest BCUT2D eigenvalue weighted by Gasteiger charge is 2.63. The van der Waals surface area contributed by atoms with Crippen LogP contribution in [0.25, 0.3) is 6.08 Å². The molecule has 0 spiro atoms. The summed E-state index contributed by atoms with van der Waals surface area (Å²) in [6.07, 6.45) is 3.93. The largest absolute Gasteiger partial charge is 0.294 e. The van der Waals surface area contributed by atoms with Crippen LogP contribution < -0.4 is 0 Å². The Kier molecular flexibility index (Phi) is 2.84. The maximum Gasteiger partial charge on any atom is 0.269 e. The SMILES string of the molecule is CC12CCC(/C(=C/c3ccc([N+](=O)[O-])cc3)C1=O)C2(C)C. The van der Waals surface area contributed by atoms with Crippen LogP contribution in [0.1, 0.15) is 39.2 Å². The first-order valence-corrected chi connectivity index (χ1v) is 7.28. The van der Waals surface area contributed by atoms with Gasteiger partial charge < -0.3 is 0 Å². The normalized spacial score (nSPS) is 31.9. The zero-order chi connectivity index (χ0) is 15.4. The second-order valence-corrected chi connectivity index (χ2v) is 6.92. The Morgan fingerprint density at radius 2 is 1.86 bits per heavy atom. The highest BCUT2D eigenvalue weighted by atomic mass is 16.6. The van der Waals surface area contributed by atoms with Gasteiger partial charge >= 0.3 is 0 Å². The Hall–Kier alpha value is -1.97. The number of benzene rings is 1. The number of fused-ring (bicyclic) bond motifs is 2. The van der Waals surface area contributed by atoms with Crippen LogP contribution >= 0.6 is 0 Å². The Morgan fingerprint density at radius 1 is 1.24 bits per heavy atom. The highest BCUT2D eigenvalue weighted by Crippen LogP contribution is 2.65. The van der Waals surface area contributed by atoms with E-state index in [-0.39, 0.29) is 22.3 Å². The van der Waals surface area contributed by atoms with E-state index < -0.39 is 4.92 Å². The summed E-state index contributed by atoms with van der Waals surface area (Å²) in [5.41, 5.74) is 1.56. The first-order valence-electron chi connectivity index (χ1n) is 7.28. The van der Waals surface area contributed by atoms with E-state index in [0.717, 1.165) is 24.0 Å². The second-order valence-electron chi connectivity index (χ2n) is 6.92. The van der Waals surface area contributed by atoms with Crippen LogP contribution in [-0.4, -0.2) is 10.7 Å². The zero-order valence-corrected chi connectivity index (χ0v) is 12.6. The van der Waals surface area contributed by atoms with E-state index in [1.54, 1.807) is 12.1 Å². The van der Waals surface area contributed by atoms with E-state index in [1.807, 2.05) is 6.08 Å². The average molecular weight is 285 g/mol. The van der Waals surface area contributed by atoms with E-state index in [0.29, 0.717) is 5.92 Å². The summed E-state index contributed by atoms with van der Waals surface area (Å²) >= 11 is 0. The van der Waals surface area contributed by atoms with Crippen molar-refractivity contribution >= 4 is 17.5 Å². The number of hydrogen-bond donors (Lipinski definition) is 0. The predicted octanol–water partition coefficient (Wildman–Crippen LogP) is 4.00. The lowest BCUT2D eigenvalue weighted by molar-refractivity contribution is -0.384. The van der Waals surface area contributed by atoms with Gasteiger partial charge in [0.15, 0.2) is 5.78 Å². The second kappa shape index (κ2) is 4.26. The van der Waals surface area contributed by atoms with Crippen molar-refractivity contribution in [2.24, 2.45) is 16.7 Å². The third kappa shape index (κ3) is 1.78. The molecule has 0 amide bonds. The molecule has 0 aliphatic heterocycles. The molecule has 2 aliphatic carbocycles. The molecular formula is C17H19NO3. The van der Waals surface area contributed by atoms with Gasteiger partial charge in [0.25, 0.3) is 5.69 Å². The smallest absolute Gasteiger partial charge is 0.269 e. The summed E-state index contributed by atoms with van der Waals surface area (Å²) in [6.45, 7) is 6.44. The fourth-order valence-electron chi connectivity index (χ4n) is 3.97. The third-order valence-corrected chi connectivity index (χ3v) is 5.79. The Labute approximate surface area is 124 Å². The van der Waals surface area contributed by atoms with Crippen molar-refractivity contribution in [3.05, 3.63) is 45.5 Å². The first kappa shape index (κ1) is 14.0. The van der Waals surface area contributed by atoms with Crippen molar-refractivity contribution in [1.82, 2.24) is 0 Å². The molecule has 110 valence electrons. The standard InChI is InChI=1S/C17H19NO3/c1-16(2)14-8-9-17(16,3)15(19)13(14)10-11-4-6-12(7-5-11)18(20)21/h4-7,10,14H,8-9H2,1-3H3/b13-10-. The molecule has 2 fully saturated rings. The maximum absolute atomic E-state index is 12.7. The Bertz CT molecular complexity index is 657. The van der Waals surface area contributed by atoms with Gasteiger partial charge in [-0.25, -0.2) is 0 Å². The fourth-order valence-corrected chi connectivity index (χ4v) is 3.97. The molecule has 0 saturated heterocycles. The Morgan fingerprint density at radius 3 is 2.33 bits per heavy atom. The number of nitro groups is 1. The topological polar surface area (TPSA) is 60.2 Å². The molecule has 4 heteroatoms. The lowest BCUT2D eigenvalue weighted by atomic mass is 9.70.